The van der Waals surface area contributed by atoms with Gasteiger partial charge in [0.25, 0.3) is 5.91 Å². The second-order valence-electron chi connectivity index (χ2n) is 6.78. The summed E-state index contributed by atoms with van der Waals surface area (Å²) in [5.41, 5.74) is 3.32. The summed E-state index contributed by atoms with van der Waals surface area (Å²) in [6, 6.07) is 14.8. The molecule has 28 heavy (non-hydrogen) atoms. The summed E-state index contributed by atoms with van der Waals surface area (Å²) in [5.74, 6) is 0.0112. The Balaban J connectivity index is 1.44. The molecule has 1 aliphatic heterocycles. The Morgan fingerprint density at radius 1 is 1.14 bits per heavy atom. The van der Waals surface area contributed by atoms with Gasteiger partial charge in [0, 0.05) is 30.2 Å². The number of esters is 1. The van der Waals surface area contributed by atoms with Crippen LogP contribution in [0.3, 0.4) is 0 Å². The van der Waals surface area contributed by atoms with Crippen molar-refractivity contribution in [3.63, 3.8) is 0 Å². The average Bonchev–Trinajstić information content (AvgIpc) is 3.28. The van der Waals surface area contributed by atoms with Crippen molar-refractivity contribution >= 4 is 17.6 Å². The minimum atomic E-state index is -0.858. The number of hydrogen-bond acceptors (Lipinski definition) is 4. The van der Waals surface area contributed by atoms with Gasteiger partial charge in [0.1, 0.15) is 5.82 Å². The number of imidazole rings is 1. The molecule has 0 saturated heterocycles. The number of aromatic nitrogens is 2. The van der Waals surface area contributed by atoms with Crippen LogP contribution in [0.2, 0.25) is 0 Å². The van der Waals surface area contributed by atoms with Gasteiger partial charge in [-0.1, -0.05) is 30.3 Å². The third-order valence-electron chi connectivity index (χ3n) is 4.90. The summed E-state index contributed by atoms with van der Waals surface area (Å²) in [4.78, 5) is 34.3. The van der Waals surface area contributed by atoms with Crippen LogP contribution in [-0.2, 0) is 16.0 Å². The van der Waals surface area contributed by atoms with Crippen LogP contribution in [0.1, 0.15) is 29.3 Å². The number of rotatable bonds is 4. The van der Waals surface area contributed by atoms with E-state index in [1.807, 2.05) is 24.3 Å². The second-order valence-corrected chi connectivity index (χ2v) is 6.78. The maximum Gasteiger partial charge on any atom is 0.338 e. The Hall–Kier alpha value is -3.41. The Kier molecular flexibility index (Phi) is 4.93. The van der Waals surface area contributed by atoms with Gasteiger partial charge in [0.15, 0.2) is 6.10 Å². The molecule has 4 rings (SSSR count). The highest BCUT2D eigenvalue weighted by molar-refractivity contribution is 5.99. The van der Waals surface area contributed by atoms with Gasteiger partial charge in [-0.2, -0.15) is 0 Å². The topological polar surface area (TPSA) is 75.3 Å². The van der Waals surface area contributed by atoms with Gasteiger partial charge in [-0.05, 0) is 43.5 Å². The maximum atomic E-state index is 12.9. The molecule has 3 aromatic rings. The van der Waals surface area contributed by atoms with E-state index in [0.29, 0.717) is 12.1 Å². The number of H-pyrrole nitrogens is 1. The highest BCUT2D eigenvalue weighted by Crippen LogP contribution is 2.27. The molecular formula is C22H21N3O3. The zero-order valence-corrected chi connectivity index (χ0v) is 15.6. The molecule has 142 valence electrons. The van der Waals surface area contributed by atoms with Gasteiger partial charge in [0.05, 0.1) is 5.56 Å². The molecule has 1 amide bonds. The van der Waals surface area contributed by atoms with Crippen LogP contribution in [0.5, 0.6) is 0 Å². The molecule has 2 aromatic carbocycles. The fraction of sp³-hybridized carbons (Fsp3) is 0.227. The number of benzene rings is 2. The summed E-state index contributed by atoms with van der Waals surface area (Å²) in [7, 11) is 0. The van der Waals surface area contributed by atoms with E-state index in [-0.39, 0.29) is 5.91 Å². The number of aryl methyl sites for hydroxylation is 1. The molecule has 2 heterocycles. The molecule has 1 aromatic heterocycles. The highest BCUT2D eigenvalue weighted by atomic mass is 16.5. The Labute approximate surface area is 163 Å². The lowest BCUT2D eigenvalue weighted by Gasteiger charge is -2.31. The van der Waals surface area contributed by atoms with Crippen molar-refractivity contribution in [2.24, 2.45) is 0 Å². The smallest absolute Gasteiger partial charge is 0.338 e. The molecule has 0 bridgehead atoms. The van der Waals surface area contributed by atoms with E-state index in [2.05, 4.69) is 9.97 Å². The van der Waals surface area contributed by atoms with Crippen LogP contribution in [-0.4, -0.2) is 34.5 Å². The zero-order valence-electron chi connectivity index (χ0n) is 15.6. The van der Waals surface area contributed by atoms with Gasteiger partial charge in [-0.15, -0.1) is 0 Å². The molecule has 0 saturated carbocycles. The Bertz CT molecular complexity index is 981. The van der Waals surface area contributed by atoms with Crippen LogP contribution in [0.4, 0.5) is 5.69 Å². The highest BCUT2D eigenvalue weighted by Gasteiger charge is 2.28. The lowest BCUT2D eigenvalue weighted by molar-refractivity contribution is -0.126. The van der Waals surface area contributed by atoms with Crippen molar-refractivity contribution < 1.29 is 14.3 Å². The van der Waals surface area contributed by atoms with Crippen molar-refractivity contribution in [3.05, 3.63) is 72.1 Å². The number of nitrogens with zero attached hydrogens (tertiary/aromatic N) is 2. The lowest BCUT2D eigenvalue weighted by Crippen LogP contribution is -2.42. The predicted octanol–water partition coefficient (Wildman–Crippen LogP) is 3.60. The van der Waals surface area contributed by atoms with E-state index in [9.17, 15) is 9.59 Å². The predicted molar refractivity (Wildman–Crippen MR) is 106 cm³/mol. The fourth-order valence-corrected chi connectivity index (χ4v) is 3.45. The van der Waals surface area contributed by atoms with Crippen LogP contribution < -0.4 is 4.90 Å². The molecule has 0 spiro atoms. The number of anilines is 1. The monoisotopic (exact) mass is 375 g/mol. The minimum absolute atomic E-state index is 0.201. The van der Waals surface area contributed by atoms with E-state index >= 15 is 0 Å². The number of hydrogen-bond donors (Lipinski definition) is 1. The molecule has 0 radical (unpaired) electrons. The van der Waals surface area contributed by atoms with Crippen LogP contribution >= 0.6 is 0 Å². The molecule has 6 nitrogen and oxygen atoms in total. The van der Waals surface area contributed by atoms with E-state index in [4.69, 9.17) is 4.74 Å². The summed E-state index contributed by atoms with van der Waals surface area (Å²) < 4.78 is 5.44. The number of carbonyl (C=O) groups is 2. The molecular weight excluding hydrogens is 354 g/mol. The van der Waals surface area contributed by atoms with Gasteiger partial charge in [0.2, 0.25) is 0 Å². The SMILES string of the molecule is CC(OC(=O)c1ccc(-c2ncc[nH]2)cc1)C(=O)N1CCCc2ccccc21. The molecule has 1 N–H and O–H groups in total. The molecule has 1 aliphatic rings. The van der Waals surface area contributed by atoms with Crippen LogP contribution in [0.15, 0.2) is 60.9 Å². The average molecular weight is 375 g/mol. The fourth-order valence-electron chi connectivity index (χ4n) is 3.45. The largest absolute Gasteiger partial charge is 0.449 e. The van der Waals surface area contributed by atoms with Gasteiger partial charge >= 0.3 is 5.97 Å². The van der Waals surface area contributed by atoms with Crippen molar-refractivity contribution in [1.82, 2.24) is 9.97 Å². The van der Waals surface area contributed by atoms with Crippen molar-refractivity contribution in [3.8, 4) is 11.4 Å². The van der Waals surface area contributed by atoms with Gasteiger partial charge in [-0.25, -0.2) is 9.78 Å². The molecule has 1 unspecified atom stereocenters. The van der Waals surface area contributed by atoms with Crippen molar-refractivity contribution in [2.75, 3.05) is 11.4 Å². The number of carbonyl (C=O) groups excluding carboxylic acids is 2. The van der Waals surface area contributed by atoms with E-state index < -0.39 is 12.1 Å². The number of fused-ring (bicyclic) bond motifs is 1. The zero-order chi connectivity index (χ0) is 19.5. The first-order valence-corrected chi connectivity index (χ1v) is 9.33. The number of ether oxygens (including phenoxy) is 1. The lowest BCUT2D eigenvalue weighted by atomic mass is 10.0. The van der Waals surface area contributed by atoms with Crippen LogP contribution in [0.25, 0.3) is 11.4 Å². The maximum absolute atomic E-state index is 12.9. The molecule has 1 atom stereocenters. The third kappa shape index (κ3) is 3.53. The van der Waals surface area contributed by atoms with Crippen molar-refractivity contribution in [2.45, 2.75) is 25.9 Å². The van der Waals surface area contributed by atoms with Crippen LogP contribution in [0, 0.1) is 0 Å². The standard InChI is InChI=1S/C22H21N3O3/c1-15(21(26)25-14-4-6-16-5-2-3-7-19(16)25)28-22(27)18-10-8-17(9-11-18)20-23-12-13-24-20/h2-3,5,7-13,15H,4,6,14H2,1H3,(H,23,24). The second kappa shape index (κ2) is 7.68. The number of para-hydroxylation sites is 1. The number of amides is 1. The van der Waals surface area contributed by atoms with E-state index in [0.717, 1.165) is 35.5 Å². The first kappa shape index (κ1) is 18.0. The summed E-state index contributed by atoms with van der Waals surface area (Å²) >= 11 is 0. The Morgan fingerprint density at radius 2 is 1.93 bits per heavy atom. The normalized spacial score (nSPS) is 14.2. The van der Waals surface area contributed by atoms with E-state index in [1.165, 1.54) is 0 Å². The molecule has 6 heteroatoms. The summed E-state index contributed by atoms with van der Waals surface area (Å²) in [5, 5.41) is 0. The first-order valence-electron chi connectivity index (χ1n) is 9.33. The Morgan fingerprint density at radius 3 is 2.68 bits per heavy atom. The first-order chi connectivity index (χ1) is 13.6. The summed E-state index contributed by atoms with van der Waals surface area (Å²) in [6.45, 7) is 2.25. The quantitative estimate of drug-likeness (QED) is 0.707. The third-order valence-corrected chi connectivity index (χ3v) is 4.90. The van der Waals surface area contributed by atoms with Crippen molar-refractivity contribution in [1.29, 1.82) is 0 Å². The molecule has 0 aliphatic carbocycles. The number of aromatic amines is 1. The number of nitrogens with one attached hydrogen (secondary N) is 1. The minimum Gasteiger partial charge on any atom is -0.449 e. The van der Waals surface area contributed by atoms with Gasteiger partial charge < -0.3 is 14.6 Å². The summed E-state index contributed by atoms with van der Waals surface area (Å²) in [6.07, 6.45) is 4.41. The van der Waals surface area contributed by atoms with Gasteiger partial charge in [-0.3, -0.25) is 4.79 Å². The van der Waals surface area contributed by atoms with E-state index in [1.54, 1.807) is 48.5 Å². The molecule has 0 fully saturated rings.